The van der Waals surface area contributed by atoms with Gasteiger partial charge >= 0.3 is 0 Å². The molecule has 0 spiro atoms. The molecule has 0 aliphatic heterocycles. The topological polar surface area (TPSA) is 21.3 Å². The summed E-state index contributed by atoms with van der Waals surface area (Å²) >= 11 is 9.01. The Kier molecular flexibility index (Phi) is 6.12. The third kappa shape index (κ3) is 4.61. The van der Waals surface area contributed by atoms with E-state index in [0.29, 0.717) is 22.9 Å². The van der Waals surface area contributed by atoms with Crippen molar-refractivity contribution >= 4 is 27.5 Å². The van der Waals surface area contributed by atoms with Crippen LogP contribution >= 0.6 is 27.5 Å². The van der Waals surface area contributed by atoms with Crippen molar-refractivity contribution < 1.29 is 9.13 Å². The van der Waals surface area contributed by atoms with Crippen LogP contribution in [0.25, 0.3) is 0 Å². The number of ether oxygens (including phenoxy) is 1. The van der Waals surface area contributed by atoms with Crippen LogP contribution in [0.1, 0.15) is 32.6 Å². The summed E-state index contributed by atoms with van der Waals surface area (Å²) in [5, 5.41) is 3.59. The summed E-state index contributed by atoms with van der Waals surface area (Å²) < 4.78 is 19.6. The first-order valence-electron chi connectivity index (χ1n) is 7.07. The quantitative estimate of drug-likeness (QED) is 0.599. The summed E-state index contributed by atoms with van der Waals surface area (Å²) in [6.07, 6.45) is 5.07. The molecule has 0 bridgehead atoms. The fourth-order valence-corrected chi connectivity index (χ4v) is 3.26. The van der Waals surface area contributed by atoms with Crippen molar-refractivity contribution in [2.24, 2.45) is 5.92 Å². The fraction of sp³-hybridized carbons (Fsp3) is 0.600. The van der Waals surface area contributed by atoms with Crippen LogP contribution in [0, 0.1) is 11.7 Å². The summed E-state index contributed by atoms with van der Waals surface area (Å²) in [7, 11) is 0. The lowest BCUT2D eigenvalue weighted by Crippen LogP contribution is -2.35. The summed E-state index contributed by atoms with van der Waals surface area (Å²) in [4.78, 5) is 0. The van der Waals surface area contributed by atoms with Gasteiger partial charge in [-0.3, -0.25) is 0 Å². The van der Waals surface area contributed by atoms with Crippen molar-refractivity contribution in [2.75, 3.05) is 13.2 Å². The van der Waals surface area contributed by atoms with Gasteiger partial charge in [-0.2, -0.15) is 0 Å². The molecule has 0 unspecified atom stereocenters. The van der Waals surface area contributed by atoms with Gasteiger partial charge in [-0.1, -0.05) is 18.5 Å². The van der Waals surface area contributed by atoms with Gasteiger partial charge in [0.25, 0.3) is 0 Å². The number of nitrogens with one attached hydrogen (secondary N) is 1. The van der Waals surface area contributed by atoms with Gasteiger partial charge in [-0.15, -0.1) is 0 Å². The predicted molar refractivity (Wildman–Crippen MR) is 84.0 cm³/mol. The largest absolute Gasteiger partial charge is 0.491 e. The highest BCUT2D eigenvalue weighted by Crippen LogP contribution is 2.30. The lowest BCUT2D eigenvalue weighted by molar-refractivity contribution is 0.269. The van der Waals surface area contributed by atoms with Gasteiger partial charge in [-0.25, -0.2) is 4.39 Å². The number of hydrogen-bond acceptors (Lipinski definition) is 2. The minimum atomic E-state index is -0.459. The molecule has 1 aromatic rings. The smallest absolute Gasteiger partial charge is 0.145 e. The third-order valence-corrected chi connectivity index (χ3v) is 4.69. The van der Waals surface area contributed by atoms with E-state index >= 15 is 0 Å². The Morgan fingerprint density at radius 1 is 1.35 bits per heavy atom. The minimum absolute atomic E-state index is 0.0960. The van der Waals surface area contributed by atoms with E-state index in [9.17, 15) is 4.39 Å². The molecule has 0 heterocycles. The maximum Gasteiger partial charge on any atom is 0.145 e. The molecule has 112 valence electrons. The van der Waals surface area contributed by atoms with Crippen LogP contribution in [0.2, 0.25) is 5.02 Å². The Labute approximate surface area is 133 Å². The van der Waals surface area contributed by atoms with Crippen molar-refractivity contribution in [3.8, 4) is 5.75 Å². The molecule has 5 heteroatoms. The van der Waals surface area contributed by atoms with Crippen LogP contribution < -0.4 is 10.1 Å². The third-order valence-electron chi connectivity index (χ3n) is 3.78. The van der Waals surface area contributed by atoms with Crippen molar-refractivity contribution in [1.82, 2.24) is 5.32 Å². The van der Waals surface area contributed by atoms with E-state index in [2.05, 4.69) is 28.2 Å². The fourth-order valence-electron chi connectivity index (χ4n) is 2.50. The number of halogens is 3. The minimum Gasteiger partial charge on any atom is -0.491 e. The summed E-state index contributed by atoms with van der Waals surface area (Å²) in [6.45, 7) is 3.60. The van der Waals surface area contributed by atoms with Gasteiger partial charge in [0.15, 0.2) is 0 Å². The van der Waals surface area contributed by atoms with Crippen LogP contribution in [-0.2, 0) is 0 Å². The highest BCUT2D eigenvalue weighted by molar-refractivity contribution is 9.10. The maximum atomic E-state index is 13.3. The standard InChI is InChI=1S/C15H20BrClFNO/c1-10-2-4-11(5-3-10)19-6-7-20-15-9-14(18)13(17)8-12(15)16/h8-11,19H,2-7H2,1H3. The second kappa shape index (κ2) is 7.62. The normalized spacial score (nSPS) is 22.8. The Bertz CT molecular complexity index is 450. The SMILES string of the molecule is CC1CCC(NCCOc2cc(F)c(Cl)cc2Br)CC1. The molecule has 0 amide bonds. The lowest BCUT2D eigenvalue weighted by atomic mass is 9.87. The zero-order valence-electron chi connectivity index (χ0n) is 11.6. The van der Waals surface area contributed by atoms with Gasteiger partial charge in [-0.05, 0) is 53.6 Å². The van der Waals surface area contributed by atoms with Gasteiger partial charge in [0.1, 0.15) is 18.2 Å². The molecule has 0 aromatic heterocycles. The van der Waals surface area contributed by atoms with Gasteiger partial charge in [0, 0.05) is 18.7 Å². The molecule has 20 heavy (non-hydrogen) atoms. The van der Waals surface area contributed by atoms with Crippen LogP contribution in [0.4, 0.5) is 4.39 Å². The molecule has 0 atom stereocenters. The monoisotopic (exact) mass is 363 g/mol. The van der Waals surface area contributed by atoms with Crippen molar-refractivity contribution in [2.45, 2.75) is 38.6 Å². The summed E-state index contributed by atoms with van der Waals surface area (Å²) in [5.74, 6) is 0.891. The number of benzene rings is 1. The Morgan fingerprint density at radius 2 is 2.05 bits per heavy atom. The molecule has 2 rings (SSSR count). The van der Waals surface area contributed by atoms with E-state index in [0.717, 1.165) is 12.5 Å². The Hall–Kier alpha value is -0.320. The highest BCUT2D eigenvalue weighted by atomic mass is 79.9. The molecular formula is C15H20BrClFNO. The first-order valence-corrected chi connectivity index (χ1v) is 8.24. The Morgan fingerprint density at radius 3 is 2.75 bits per heavy atom. The van der Waals surface area contributed by atoms with E-state index in [1.165, 1.54) is 37.8 Å². The molecule has 1 aliphatic rings. The Balaban J connectivity index is 1.72. The van der Waals surface area contributed by atoms with E-state index in [4.69, 9.17) is 16.3 Å². The molecule has 1 fully saturated rings. The van der Waals surface area contributed by atoms with E-state index in [1.807, 2.05) is 0 Å². The molecular weight excluding hydrogens is 345 g/mol. The predicted octanol–water partition coefficient (Wildman–Crippen LogP) is 4.79. The van der Waals surface area contributed by atoms with Crippen molar-refractivity contribution in [1.29, 1.82) is 0 Å². The zero-order chi connectivity index (χ0) is 14.5. The number of hydrogen-bond donors (Lipinski definition) is 1. The average molecular weight is 365 g/mol. The molecule has 1 saturated carbocycles. The van der Waals surface area contributed by atoms with Gasteiger partial charge in [0.05, 0.1) is 9.50 Å². The molecule has 1 aliphatic carbocycles. The van der Waals surface area contributed by atoms with Gasteiger partial charge < -0.3 is 10.1 Å². The van der Waals surface area contributed by atoms with E-state index in [-0.39, 0.29) is 5.02 Å². The molecule has 1 aromatic carbocycles. The van der Waals surface area contributed by atoms with Crippen LogP contribution in [0.15, 0.2) is 16.6 Å². The lowest BCUT2D eigenvalue weighted by Gasteiger charge is -2.27. The second-order valence-corrected chi connectivity index (χ2v) is 6.72. The summed E-state index contributed by atoms with van der Waals surface area (Å²) in [5.41, 5.74) is 0. The van der Waals surface area contributed by atoms with Crippen LogP contribution in [0.3, 0.4) is 0 Å². The van der Waals surface area contributed by atoms with E-state index < -0.39 is 5.82 Å². The van der Waals surface area contributed by atoms with Crippen LogP contribution in [-0.4, -0.2) is 19.2 Å². The number of rotatable bonds is 5. The first-order chi connectivity index (χ1) is 9.56. The first kappa shape index (κ1) is 16.1. The average Bonchev–Trinajstić information content (AvgIpc) is 2.42. The van der Waals surface area contributed by atoms with E-state index in [1.54, 1.807) is 0 Å². The maximum absolute atomic E-state index is 13.3. The molecule has 2 nitrogen and oxygen atoms in total. The summed E-state index contributed by atoms with van der Waals surface area (Å²) in [6, 6.07) is 3.43. The van der Waals surface area contributed by atoms with Crippen molar-refractivity contribution in [3.63, 3.8) is 0 Å². The highest BCUT2D eigenvalue weighted by Gasteiger charge is 2.17. The van der Waals surface area contributed by atoms with Crippen LogP contribution in [0.5, 0.6) is 5.75 Å². The zero-order valence-corrected chi connectivity index (χ0v) is 13.9. The van der Waals surface area contributed by atoms with Gasteiger partial charge in [0.2, 0.25) is 0 Å². The van der Waals surface area contributed by atoms with Crippen molar-refractivity contribution in [3.05, 3.63) is 27.4 Å². The molecule has 0 saturated heterocycles. The molecule has 1 N–H and O–H groups in total. The second-order valence-electron chi connectivity index (χ2n) is 5.46. The molecule has 0 radical (unpaired) electrons.